The van der Waals surface area contributed by atoms with Crippen LogP contribution in [0.4, 0.5) is 5.69 Å². The number of benzene rings is 1. The second-order valence-corrected chi connectivity index (χ2v) is 6.26. The van der Waals surface area contributed by atoms with E-state index in [-0.39, 0.29) is 23.6 Å². The van der Waals surface area contributed by atoms with Crippen LogP contribution in [0.3, 0.4) is 0 Å². The van der Waals surface area contributed by atoms with Gasteiger partial charge in [0.15, 0.2) is 11.2 Å². The lowest BCUT2D eigenvalue weighted by molar-refractivity contribution is -0.116. The minimum atomic E-state index is -0.474. The first-order valence-electron chi connectivity index (χ1n) is 8.34. The summed E-state index contributed by atoms with van der Waals surface area (Å²) >= 11 is 0. The van der Waals surface area contributed by atoms with Crippen LogP contribution in [0.1, 0.15) is 18.1 Å². The molecule has 0 radical (unpaired) electrons. The van der Waals surface area contributed by atoms with Gasteiger partial charge in [0.1, 0.15) is 6.54 Å². The molecule has 1 N–H and O–H groups in total. The number of carbonyl (C=O) groups is 1. The monoisotopic (exact) mass is 355 g/mol. The zero-order chi connectivity index (χ0) is 19.0. The molecule has 26 heavy (non-hydrogen) atoms. The number of nitrogens with one attached hydrogen (secondary N) is 1. The number of hydrogen-bond acceptors (Lipinski definition) is 4. The Morgan fingerprint density at radius 1 is 1.19 bits per heavy atom. The highest BCUT2D eigenvalue weighted by molar-refractivity contribution is 5.93. The summed E-state index contributed by atoms with van der Waals surface area (Å²) in [5.41, 5.74) is 2.38. The number of nitrogens with zero attached hydrogens (tertiary/aromatic N) is 4. The highest BCUT2D eigenvalue weighted by Crippen LogP contribution is 2.21. The Kier molecular flexibility index (Phi) is 4.50. The fourth-order valence-electron chi connectivity index (χ4n) is 3.05. The standard InChI is InChI=1S/C18H21N5O3/c1-5-12-8-6-7-11(2)14(12)20-13(24)9-23-10-19-16-15(23)17(25)22(4)18(26)21(16)3/h6-8,10H,5,9H2,1-4H3,(H,20,24). The molecule has 0 aliphatic heterocycles. The largest absolute Gasteiger partial charge is 0.332 e. The summed E-state index contributed by atoms with van der Waals surface area (Å²) < 4.78 is 3.77. The molecule has 0 spiro atoms. The van der Waals surface area contributed by atoms with E-state index < -0.39 is 11.2 Å². The van der Waals surface area contributed by atoms with Crippen molar-refractivity contribution in [3.63, 3.8) is 0 Å². The number of carbonyl (C=O) groups excluding carboxylic acids is 1. The van der Waals surface area contributed by atoms with Gasteiger partial charge in [-0.05, 0) is 24.5 Å². The molecule has 0 aliphatic carbocycles. The maximum Gasteiger partial charge on any atom is 0.332 e. The smallest absolute Gasteiger partial charge is 0.324 e. The summed E-state index contributed by atoms with van der Waals surface area (Å²) in [5, 5.41) is 2.93. The number of anilines is 1. The molecular weight excluding hydrogens is 334 g/mol. The van der Waals surface area contributed by atoms with Crippen LogP contribution in [-0.4, -0.2) is 24.6 Å². The number of aromatic nitrogens is 4. The van der Waals surface area contributed by atoms with Gasteiger partial charge in [-0.15, -0.1) is 0 Å². The van der Waals surface area contributed by atoms with Crippen molar-refractivity contribution < 1.29 is 4.79 Å². The SMILES string of the molecule is CCc1cccc(C)c1NC(=O)Cn1cnc2c1c(=O)n(C)c(=O)n2C. The van der Waals surface area contributed by atoms with Crippen molar-refractivity contribution >= 4 is 22.8 Å². The molecule has 2 aromatic heterocycles. The van der Waals surface area contributed by atoms with Crippen LogP contribution in [0.15, 0.2) is 34.1 Å². The summed E-state index contributed by atoms with van der Waals surface area (Å²) in [4.78, 5) is 41.1. The minimum absolute atomic E-state index is 0.0680. The number of amides is 1. The minimum Gasteiger partial charge on any atom is -0.324 e. The molecule has 3 aromatic rings. The zero-order valence-electron chi connectivity index (χ0n) is 15.2. The first-order chi connectivity index (χ1) is 12.3. The van der Waals surface area contributed by atoms with E-state index in [0.717, 1.165) is 27.8 Å². The lowest BCUT2D eigenvalue weighted by Gasteiger charge is -2.13. The van der Waals surface area contributed by atoms with Gasteiger partial charge in [0.25, 0.3) is 5.56 Å². The van der Waals surface area contributed by atoms with Gasteiger partial charge in [-0.25, -0.2) is 9.78 Å². The highest BCUT2D eigenvalue weighted by atomic mass is 16.2. The van der Waals surface area contributed by atoms with Gasteiger partial charge in [0, 0.05) is 19.8 Å². The van der Waals surface area contributed by atoms with Gasteiger partial charge in [-0.2, -0.15) is 0 Å². The molecule has 2 heterocycles. The van der Waals surface area contributed by atoms with E-state index in [1.807, 2.05) is 32.0 Å². The quantitative estimate of drug-likeness (QED) is 0.754. The molecule has 0 saturated carbocycles. The third-order valence-electron chi connectivity index (χ3n) is 4.54. The van der Waals surface area contributed by atoms with E-state index in [4.69, 9.17) is 0 Å². The Balaban J connectivity index is 1.97. The number of imidazole rings is 1. The van der Waals surface area contributed by atoms with Crippen molar-refractivity contribution in [2.45, 2.75) is 26.8 Å². The van der Waals surface area contributed by atoms with Gasteiger partial charge in [0.2, 0.25) is 5.91 Å². The molecule has 0 aliphatic rings. The van der Waals surface area contributed by atoms with E-state index in [0.29, 0.717) is 0 Å². The second kappa shape index (κ2) is 6.62. The first-order valence-corrected chi connectivity index (χ1v) is 8.34. The van der Waals surface area contributed by atoms with Crippen molar-refractivity contribution in [1.82, 2.24) is 18.7 Å². The Bertz CT molecular complexity index is 1120. The Hall–Kier alpha value is -3.16. The van der Waals surface area contributed by atoms with Crippen molar-refractivity contribution in [2.75, 3.05) is 5.32 Å². The van der Waals surface area contributed by atoms with Crippen LogP contribution in [0.2, 0.25) is 0 Å². The Morgan fingerprint density at radius 2 is 1.92 bits per heavy atom. The number of hydrogen-bond donors (Lipinski definition) is 1. The molecule has 0 saturated heterocycles. The third-order valence-corrected chi connectivity index (χ3v) is 4.54. The van der Waals surface area contributed by atoms with Crippen LogP contribution in [0.5, 0.6) is 0 Å². The predicted octanol–water partition coefficient (Wildman–Crippen LogP) is 0.943. The van der Waals surface area contributed by atoms with Gasteiger partial charge < -0.3 is 9.88 Å². The van der Waals surface area contributed by atoms with Crippen LogP contribution in [-0.2, 0) is 31.9 Å². The lowest BCUT2D eigenvalue weighted by Crippen LogP contribution is -2.37. The molecule has 3 rings (SSSR count). The summed E-state index contributed by atoms with van der Waals surface area (Å²) in [6.07, 6.45) is 2.21. The lowest BCUT2D eigenvalue weighted by atomic mass is 10.1. The number of aryl methyl sites for hydroxylation is 3. The van der Waals surface area contributed by atoms with Crippen LogP contribution < -0.4 is 16.6 Å². The fraction of sp³-hybridized carbons (Fsp3) is 0.333. The molecule has 0 fully saturated rings. The maximum atomic E-state index is 12.6. The van der Waals surface area contributed by atoms with E-state index in [9.17, 15) is 14.4 Å². The molecule has 136 valence electrons. The van der Waals surface area contributed by atoms with Gasteiger partial charge in [-0.1, -0.05) is 25.1 Å². The number of para-hydroxylation sites is 1. The van der Waals surface area contributed by atoms with Crippen molar-refractivity contribution in [1.29, 1.82) is 0 Å². The highest BCUT2D eigenvalue weighted by Gasteiger charge is 2.16. The average Bonchev–Trinajstić information content (AvgIpc) is 3.03. The van der Waals surface area contributed by atoms with Gasteiger partial charge in [-0.3, -0.25) is 18.7 Å². The molecule has 0 atom stereocenters. The summed E-state index contributed by atoms with van der Waals surface area (Å²) in [7, 11) is 2.95. The summed E-state index contributed by atoms with van der Waals surface area (Å²) in [5.74, 6) is -0.260. The molecule has 0 unspecified atom stereocenters. The summed E-state index contributed by atoms with van der Waals surface area (Å²) in [6.45, 7) is 3.90. The first kappa shape index (κ1) is 17.7. The van der Waals surface area contributed by atoms with E-state index in [1.54, 1.807) is 7.05 Å². The van der Waals surface area contributed by atoms with Gasteiger partial charge in [0.05, 0.1) is 6.33 Å². The molecule has 8 nitrogen and oxygen atoms in total. The van der Waals surface area contributed by atoms with Crippen LogP contribution in [0, 0.1) is 6.92 Å². The van der Waals surface area contributed by atoms with Crippen LogP contribution in [0.25, 0.3) is 11.2 Å². The molecular formula is C18H21N5O3. The van der Waals surface area contributed by atoms with Crippen molar-refractivity contribution in [3.8, 4) is 0 Å². The zero-order valence-corrected chi connectivity index (χ0v) is 15.2. The van der Waals surface area contributed by atoms with E-state index in [2.05, 4.69) is 10.3 Å². The number of fused-ring (bicyclic) bond motifs is 1. The molecule has 0 bridgehead atoms. The normalized spacial score (nSPS) is 11.1. The van der Waals surface area contributed by atoms with Gasteiger partial charge >= 0.3 is 5.69 Å². The Morgan fingerprint density at radius 3 is 2.62 bits per heavy atom. The van der Waals surface area contributed by atoms with Crippen molar-refractivity contribution in [3.05, 3.63) is 56.5 Å². The van der Waals surface area contributed by atoms with Crippen molar-refractivity contribution in [2.24, 2.45) is 14.1 Å². The predicted molar refractivity (Wildman–Crippen MR) is 99.4 cm³/mol. The third kappa shape index (κ3) is 2.83. The molecule has 8 heteroatoms. The molecule has 1 aromatic carbocycles. The Labute approximate surface area is 149 Å². The topological polar surface area (TPSA) is 90.9 Å². The number of rotatable bonds is 4. The van der Waals surface area contributed by atoms with E-state index in [1.165, 1.54) is 22.5 Å². The van der Waals surface area contributed by atoms with E-state index >= 15 is 0 Å². The molecule has 1 amide bonds. The summed E-state index contributed by atoms with van der Waals surface area (Å²) in [6, 6.07) is 5.87. The second-order valence-electron chi connectivity index (χ2n) is 6.26. The fourth-order valence-corrected chi connectivity index (χ4v) is 3.05. The average molecular weight is 355 g/mol. The maximum absolute atomic E-state index is 12.6. The van der Waals surface area contributed by atoms with Crippen LogP contribution >= 0.6 is 0 Å².